The largest absolute Gasteiger partial charge is 0.348 e. The van der Waals surface area contributed by atoms with Crippen LogP contribution in [0.3, 0.4) is 0 Å². The number of amides is 1. The molecule has 4 nitrogen and oxygen atoms in total. The van der Waals surface area contributed by atoms with Gasteiger partial charge in [-0.05, 0) is 31.7 Å². The number of likely N-dealkylation sites (tertiary alicyclic amines) is 1. The highest BCUT2D eigenvalue weighted by Crippen LogP contribution is 2.20. The van der Waals surface area contributed by atoms with Gasteiger partial charge < -0.3 is 10.6 Å². The van der Waals surface area contributed by atoms with Crippen LogP contribution >= 0.6 is 0 Å². The van der Waals surface area contributed by atoms with Crippen LogP contribution in [0, 0.1) is 0 Å². The molecule has 2 rings (SSSR count). The molecule has 1 aliphatic heterocycles. The van der Waals surface area contributed by atoms with Gasteiger partial charge in [-0.1, -0.05) is 57.5 Å². The first-order chi connectivity index (χ1) is 12.0. The molecule has 2 unspecified atom stereocenters. The van der Waals surface area contributed by atoms with Gasteiger partial charge in [-0.2, -0.15) is 0 Å². The van der Waals surface area contributed by atoms with Crippen LogP contribution in [0.15, 0.2) is 30.3 Å². The first-order valence-electron chi connectivity index (χ1n) is 9.86. The van der Waals surface area contributed by atoms with Gasteiger partial charge in [0.25, 0.3) is 0 Å². The molecule has 1 aromatic rings. The van der Waals surface area contributed by atoms with Crippen molar-refractivity contribution in [1.29, 1.82) is 0 Å². The SMILES string of the molecule is CCCC(NC(=O)C(C)N1CCC(NC(C)C)CC1)c1ccccc1. The third kappa shape index (κ3) is 6.12. The molecule has 2 N–H and O–H groups in total. The molecule has 140 valence electrons. The lowest BCUT2D eigenvalue weighted by atomic mass is 10.0. The Morgan fingerprint density at radius 3 is 2.36 bits per heavy atom. The van der Waals surface area contributed by atoms with E-state index in [1.807, 2.05) is 25.1 Å². The summed E-state index contributed by atoms with van der Waals surface area (Å²) < 4.78 is 0. The molecule has 0 saturated carbocycles. The van der Waals surface area contributed by atoms with Crippen molar-refractivity contribution >= 4 is 5.91 Å². The quantitative estimate of drug-likeness (QED) is 0.758. The predicted molar refractivity (Wildman–Crippen MR) is 105 cm³/mol. The number of nitrogens with zero attached hydrogens (tertiary/aromatic N) is 1. The normalized spacial score (nSPS) is 18.9. The third-order valence-electron chi connectivity index (χ3n) is 5.12. The van der Waals surface area contributed by atoms with E-state index in [2.05, 4.69) is 48.4 Å². The van der Waals surface area contributed by atoms with Gasteiger partial charge in [0.15, 0.2) is 0 Å². The number of benzene rings is 1. The van der Waals surface area contributed by atoms with Gasteiger partial charge in [-0.15, -0.1) is 0 Å². The van der Waals surface area contributed by atoms with E-state index in [9.17, 15) is 4.79 Å². The molecule has 1 aromatic carbocycles. The van der Waals surface area contributed by atoms with Crippen molar-refractivity contribution in [3.63, 3.8) is 0 Å². The van der Waals surface area contributed by atoms with Gasteiger partial charge in [0.2, 0.25) is 5.91 Å². The second-order valence-electron chi connectivity index (χ2n) is 7.57. The van der Waals surface area contributed by atoms with Crippen LogP contribution in [-0.2, 0) is 4.79 Å². The molecule has 0 bridgehead atoms. The van der Waals surface area contributed by atoms with E-state index in [0.29, 0.717) is 12.1 Å². The van der Waals surface area contributed by atoms with Gasteiger partial charge in [-0.25, -0.2) is 0 Å². The Hall–Kier alpha value is -1.39. The number of carbonyl (C=O) groups excluding carboxylic acids is 1. The first kappa shape index (κ1) is 19.9. The second kappa shape index (κ2) is 9.93. The summed E-state index contributed by atoms with van der Waals surface area (Å²) >= 11 is 0. The van der Waals surface area contributed by atoms with Gasteiger partial charge in [0.05, 0.1) is 12.1 Å². The van der Waals surface area contributed by atoms with E-state index in [-0.39, 0.29) is 18.0 Å². The van der Waals surface area contributed by atoms with Crippen LogP contribution < -0.4 is 10.6 Å². The lowest BCUT2D eigenvalue weighted by Crippen LogP contribution is -2.52. The molecular weight excluding hydrogens is 310 g/mol. The smallest absolute Gasteiger partial charge is 0.237 e. The summed E-state index contributed by atoms with van der Waals surface area (Å²) in [6.45, 7) is 10.6. The van der Waals surface area contributed by atoms with E-state index < -0.39 is 0 Å². The second-order valence-corrected chi connectivity index (χ2v) is 7.57. The number of hydrogen-bond acceptors (Lipinski definition) is 3. The van der Waals surface area contributed by atoms with Crippen molar-refractivity contribution in [2.45, 2.75) is 77.5 Å². The van der Waals surface area contributed by atoms with Crippen LogP contribution in [0.2, 0.25) is 0 Å². The molecule has 0 aromatic heterocycles. The van der Waals surface area contributed by atoms with Gasteiger partial charge in [0.1, 0.15) is 0 Å². The lowest BCUT2D eigenvalue weighted by molar-refractivity contribution is -0.127. The monoisotopic (exact) mass is 345 g/mol. The summed E-state index contributed by atoms with van der Waals surface area (Å²) in [5, 5.41) is 6.89. The van der Waals surface area contributed by atoms with E-state index >= 15 is 0 Å². The summed E-state index contributed by atoms with van der Waals surface area (Å²) in [5.74, 6) is 0.151. The Balaban J connectivity index is 1.88. The molecule has 1 amide bonds. The Kier molecular flexibility index (Phi) is 7.91. The van der Waals surface area contributed by atoms with Crippen molar-refractivity contribution in [3.05, 3.63) is 35.9 Å². The Bertz CT molecular complexity index is 509. The van der Waals surface area contributed by atoms with E-state index in [1.165, 1.54) is 5.56 Å². The fourth-order valence-corrected chi connectivity index (χ4v) is 3.68. The number of carbonyl (C=O) groups is 1. The zero-order chi connectivity index (χ0) is 18.2. The molecule has 0 aliphatic carbocycles. The summed E-state index contributed by atoms with van der Waals surface area (Å²) in [6.07, 6.45) is 4.27. The summed E-state index contributed by atoms with van der Waals surface area (Å²) in [5.41, 5.74) is 1.20. The molecule has 2 atom stereocenters. The standard InChI is InChI=1S/C21H35N3O/c1-5-9-20(18-10-7-6-8-11-18)23-21(25)17(4)24-14-12-19(13-15-24)22-16(2)3/h6-8,10-11,16-17,19-20,22H,5,9,12-15H2,1-4H3,(H,23,25). The Morgan fingerprint density at radius 2 is 1.80 bits per heavy atom. The van der Waals surface area contributed by atoms with Crippen LogP contribution in [0.1, 0.15) is 65.0 Å². The highest BCUT2D eigenvalue weighted by atomic mass is 16.2. The third-order valence-corrected chi connectivity index (χ3v) is 5.12. The average Bonchev–Trinajstić information content (AvgIpc) is 2.61. The van der Waals surface area contributed by atoms with Crippen molar-refractivity contribution in [3.8, 4) is 0 Å². The van der Waals surface area contributed by atoms with Crippen molar-refractivity contribution in [2.24, 2.45) is 0 Å². The molecule has 1 aliphatic rings. The Morgan fingerprint density at radius 1 is 1.16 bits per heavy atom. The van der Waals surface area contributed by atoms with Crippen LogP contribution in [-0.4, -0.2) is 42.0 Å². The topological polar surface area (TPSA) is 44.4 Å². The average molecular weight is 346 g/mol. The van der Waals surface area contributed by atoms with Gasteiger partial charge >= 0.3 is 0 Å². The van der Waals surface area contributed by atoms with Crippen molar-refractivity contribution < 1.29 is 4.79 Å². The minimum absolute atomic E-state index is 0.0666. The molecule has 0 spiro atoms. The minimum Gasteiger partial charge on any atom is -0.348 e. The highest BCUT2D eigenvalue weighted by molar-refractivity contribution is 5.81. The predicted octanol–water partition coefficient (Wildman–Crippen LogP) is 3.49. The summed E-state index contributed by atoms with van der Waals surface area (Å²) in [6, 6.07) is 11.5. The lowest BCUT2D eigenvalue weighted by Gasteiger charge is -2.36. The first-order valence-corrected chi connectivity index (χ1v) is 9.86. The number of hydrogen-bond donors (Lipinski definition) is 2. The fourth-order valence-electron chi connectivity index (χ4n) is 3.68. The van der Waals surface area contributed by atoms with Crippen LogP contribution in [0.4, 0.5) is 0 Å². The number of rotatable bonds is 8. The maximum atomic E-state index is 12.8. The number of nitrogens with one attached hydrogen (secondary N) is 2. The molecule has 4 heteroatoms. The van der Waals surface area contributed by atoms with Crippen LogP contribution in [0.25, 0.3) is 0 Å². The van der Waals surface area contributed by atoms with Crippen molar-refractivity contribution in [2.75, 3.05) is 13.1 Å². The molecule has 1 fully saturated rings. The van der Waals surface area contributed by atoms with Crippen LogP contribution in [0.5, 0.6) is 0 Å². The van der Waals surface area contributed by atoms with E-state index in [0.717, 1.165) is 38.8 Å². The highest BCUT2D eigenvalue weighted by Gasteiger charge is 2.27. The van der Waals surface area contributed by atoms with E-state index in [4.69, 9.17) is 0 Å². The molecule has 0 radical (unpaired) electrons. The maximum absolute atomic E-state index is 12.8. The summed E-state index contributed by atoms with van der Waals surface area (Å²) in [7, 11) is 0. The molecule has 25 heavy (non-hydrogen) atoms. The fraction of sp³-hybridized carbons (Fsp3) is 0.667. The van der Waals surface area contributed by atoms with Gasteiger partial charge in [0, 0.05) is 25.2 Å². The molecule has 1 heterocycles. The summed E-state index contributed by atoms with van der Waals surface area (Å²) in [4.78, 5) is 15.1. The zero-order valence-electron chi connectivity index (χ0n) is 16.3. The van der Waals surface area contributed by atoms with E-state index in [1.54, 1.807) is 0 Å². The van der Waals surface area contributed by atoms with Crippen molar-refractivity contribution in [1.82, 2.24) is 15.5 Å². The Labute approximate surface area is 153 Å². The molecular formula is C21H35N3O. The zero-order valence-corrected chi connectivity index (χ0v) is 16.3. The molecule has 1 saturated heterocycles. The number of piperidine rings is 1. The minimum atomic E-state index is -0.0666. The maximum Gasteiger partial charge on any atom is 0.237 e. The van der Waals surface area contributed by atoms with Gasteiger partial charge in [-0.3, -0.25) is 9.69 Å².